The van der Waals surface area contributed by atoms with Crippen molar-refractivity contribution in [2.45, 2.75) is 24.9 Å². The van der Waals surface area contributed by atoms with Crippen molar-refractivity contribution in [1.29, 1.82) is 0 Å². The molecule has 1 fully saturated rings. The molecule has 1 aliphatic rings. The highest BCUT2D eigenvalue weighted by molar-refractivity contribution is 5.86. The predicted octanol–water partition coefficient (Wildman–Crippen LogP) is -0.762. The largest absolute Gasteiger partial charge is 0.480 e. The standard InChI is InChI=1S/C10H15N5O4/c16-8(17)10(1-3-19-4-2-10)14-9(18)11-5-7-12-6-13-15-7/h6H,1-5H2,(H,16,17)(H2,11,14,18)(H,12,13,15). The van der Waals surface area contributed by atoms with E-state index in [1.807, 2.05) is 0 Å². The van der Waals surface area contributed by atoms with Crippen molar-refractivity contribution >= 4 is 12.0 Å². The fraction of sp³-hybridized carbons (Fsp3) is 0.600. The number of aliphatic carboxylic acids is 1. The number of rotatable bonds is 4. The second kappa shape index (κ2) is 5.65. The van der Waals surface area contributed by atoms with E-state index in [9.17, 15) is 14.7 Å². The number of aromatic nitrogens is 3. The highest BCUT2D eigenvalue weighted by atomic mass is 16.5. The number of hydrogen-bond donors (Lipinski definition) is 4. The molecule has 9 heteroatoms. The van der Waals surface area contributed by atoms with E-state index >= 15 is 0 Å². The van der Waals surface area contributed by atoms with Crippen molar-refractivity contribution in [3.63, 3.8) is 0 Å². The number of ether oxygens (including phenoxy) is 1. The normalized spacial score (nSPS) is 17.7. The lowest BCUT2D eigenvalue weighted by Gasteiger charge is -2.33. The van der Waals surface area contributed by atoms with Crippen LogP contribution < -0.4 is 10.6 Å². The molecule has 0 saturated carbocycles. The first-order valence-electron chi connectivity index (χ1n) is 5.84. The molecule has 0 bridgehead atoms. The summed E-state index contributed by atoms with van der Waals surface area (Å²) in [5.74, 6) is -0.558. The van der Waals surface area contributed by atoms with Crippen LogP contribution in [0.25, 0.3) is 0 Å². The van der Waals surface area contributed by atoms with Crippen molar-refractivity contribution < 1.29 is 19.4 Å². The van der Waals surface area contributed by atoms with Crippen LogP contribution in [0.15, 0.2) is 6.33 Å². The Morgan fingerprint density at radius 3 is 2.79 bits per heavy atom. The zero-order valence-corrected chi connectivity index (χ0v) is 10.2. The van der Waals surface area contributed by atoms with Crippen molar-refractivity contribution in [2.75, 3.05) is 13.2 Å². The predicted molar refractivity (Wildman–Crippen MR) is 62.2 cm³/mol. The topological polar surface area (TPSA) is 129 Å². The van der Waals surface area contributed by atoms with Gasteiger partial charge in [0, 0.05) is 26.1 Å². The fourth-order valence-electron chi connectivity index (χ4n) is 1.85. The molecule has 1 aromatic heterocycles. The van der Waals surface area contributed by atoms with Gasteiger partial charge in [0.1, 0.15) is 17.7 Å². The van der Waals surface area contributed by atoms with E-state index in [0.717, 1.165) is 0 Å². The van der Waals surface area contributed by atoms with Gasteiger partial charge in [-0.1, -0.05) is 0 Å². The molecule has 1 saturated heterocycles. The van der Waals surface area contributed by atoms with Crippen molar-refractivity contribution in [1.82, 2.24) is 25.8 Å². The number of amides is 2. The van der Waals surface area contributed by atoms with Crippen LogP contribution in [0.3, 0.4) is 0 Å². The summed E-state index contributed by atoms with van der Waals surface area (Å²) in [6, 6.07) is -0.555. The van der Waals surface area contributed by atoms with E-state index in [1.165, 1.54) is 6.33 Å². The minimum absolute atomic E-state index is 0.151. The SMILES string of the molecule is O=C(NCc1ncn[nH]1)NC1(C(=O)O)CCOCC1. The van der Waals surface area contributed by atoms with Gasteiger partial charge in [-0.25, -0.2) is 14.6 Å². The molecular formula is C10H15N5O4. The lowest BCUT2D eigenvalue weighted by molar-refractivity contribution is -0.148. The Morgan fingerprint density at radius 2 is 2.21 bits per heavy atom. The second-order valence-electron chi connectivity index (χ2n) is 4.24. The molecule has 9 nitrogen and oxygen atoms in total. The molecule has 1 aromatic rings. The van der Waals surface area contributed by atoms with Crippen LogP contribution in [0.1, 0.15) is 18.7 Å². The fourth-order valence-corrected chi connectivity index (χ4v) is 1.85. The molecule has 2 rings (SSSR count). The number of carboxylic acids is 1. The molecule has 0 radical (unpaired) electrons. The summed E-state index contributed by atoms with van der Waals surface area (Å²) in [6.07, 6.45) is 1.82. The number of nitrogens with one attached hydrogen (secondary N) is 3. The molecule has 0 aliphatic carbocycles. The van der Waals surface area contributed by atoms with Gasteiger partial charge < -0.3 is 20.5 Å². The summed E-state index contributed by atoms with van der Waals surface area (Å²) in [7, 11) is 0. The minimum Gasteiger partial charge on any atom is -0.480 e. The Labute approximate surface area is 108 Å². The lowest BCUT2D eigenvalue weighted by atomic mass is 9.90. The zero-order chi connectivity index (χ0) is 13.7. The molecule has 1 aliphatic heterocycles. The summed E-state index contributed by atoms with van der Waals surface area (Å²) in [5, 5.41) is 20.5. The zero-order valence-electron chi connectivity index (χ0n) is 10.2. The van der Waals surface area contributed by atoms with Crippen LogP contribution in [0.2, 0.25) is 0 Å². The number of carbonyl (C=O) groups is 2. The molecule has 2 heterocycles. The summed E-state index contributed by atoms with van der Waals surface area (Å²) >= 11 is 0. The number of hydrogen-bond acceptors (Lipinski definition) is 5. The molecular weight excluding hydrogens is 254 g/mol. The first-order valence-corrected chi connectivity index (χ1v) is 5.84. The van der Waals surface area contributed by atoms with E-state index < -0.39 is 17.5 Å². The molecule has 104 valence electrons. The average molecular weight is 269 g/mol. The van der Waals surface area contributed by atoms with Crippen LogP contribution in [0, 0.1) is 0 Å². The maximum Gasteiger partial charge on any atom is 0.329 e. The van der Waals surface area contributed by atoms with Gasteiger partial charge in [0.2, 0.25) is 0 Å². The Balaban J connectivity index is 1.90. The van der Waals surface area contributed by atoms with Crippen LogP contribution in [0.4, 0.5) is 4.79 Å². The number of H-pyrrole nitrogens is 1. The summed E-state index contributed by atoms with van der Waals surface area (Å²) in [6.45, 7) is 0.779. The average Bonchev–Trinajstić information content (AvgIpc) is 2.90. The van der Waals surface area contributed by atoms with Crippen molar-refractivity contribution in [2.24, 2.45) is 0 Å². The quantitative estimate of drug-likeness (QED) is 0.568. The van der Waals surface area contributed by atoms with Gasteiger partial charge in [-0.3, -0.25) is 5.10 Å². The van der Waals surface area contributed by atoms with Gasteiger partial charge in [0.05, 0.1) is 6.54 Å². The van der Waals surface area contributed by atoms with Crippen LogP contribution in [0.5, 0.6) is 0 Å². The van der Waals surface area contributed by atoms with Crippen LogP contribution >= 0.6 is 0 Å². The van der Waals surface area contributed by atoms with E-state index in [-0.39, 0.29) is 19.4 Å². The van der Waals surface area contributed by atoms with Gasteiger partial charge in [-0.15, -0.1) is 0 Å². The number of nitrogens with zero attached hydrogens (tertiary/aromatic N) is 2. The smallest absolute Gasteiger partial charge is 0.329 e. The third-order valence-electron chi connectivity index (χ3n) is 2.99. The van der Waals surface area contributed by atoms with Crippen molar-refractivity contribution in [3.05, 3.63) is 12.2 Å². The van der Waals surface area contributed by atoms with Gasteiger partial charge >= 0.3 is 12.0 Å². The molecule has 0 spiro atoms. The Hall–Kier alpha value is -2.16. The van der Waals surface area contributed by atoms with Crippen LogP contribution in [-0.2, 0) is 16.1 Å². The number of carboxylic acid groups (broad SMARTS) is 1. The molecule has 0 unspecified atom stereocenters. The number of aromatic amines is 1. The number of carbonyl (C=O) groups excluding carboxylic acids is 1. The molecule has 0 atom stereocenters. The Kier molecular flexibility index (Phi) is 3.95. The maximum absolute atomic E-state index is 11.7. The van der Waals surface area contributed by atoms with Crippen molar-refractivity contribution in [3.8, 4) is 0 Å². The number of urea groups is 1. The first-order chi connectivity index (χ1) is 9.12. The third-order valence-corrected chi connectivity index (χ3v) is 2.99. The van der Waals surface area contributed by atoms with Gasteiger partial charge in [-0.2, -0.15) is 5.10 Å². The summed E-state index contributed by atoms with van der Waals surface area (Å²) in [4.78, 5) is 26.9. The Morgan fingerprint density at radius 1 is 1.47 bits per heavy atom. The highest BCUT2D eigenvalue weighted by Gasteiger charge is 2.41. The van der Waals surface area contributed by atoms with E-state index in [0.29, 0.717) is 19.0 Å². The van der Waals surface area contributed by atoms with E-state index in [4.69, 9.17) is 4.74 Å². The third kappa shape index (κ3) is 3.19. The first kappa shape index (κ1) is 13.3. The van der Waals surface area contributed by atoms with Gasteiger partial charge in [0.25, 0.3) is 0 Å². The van der Waals surface area contributed by atoms with Gasteiger partial charge in [-0.05, 0) is 0 Å². The van der Waals surface area contributed by atoms with Crippen LogP contribution in [-0.4, -0.2) is 51.0 Å². The molecule has 2 amide bonds. The van der Waals surface area contributed by atoms with E-state index in [1.54, 1.807) is 0 Å². The monoisotopic (exact) mass is 269 g/mol. The molecule has 19 heavy (non-hydrogen) atoms. The molecule has 4 N–H and O–H groups in total. The summed E-state index contributed by atoms with van der Waals surface area (Å²) < 4.78 is 5.12. The second-order valence-corrected chi connectivity index (χ2v) is 4.24. The Bertz CT molecular complexity index is 441. The van der Waals surface area contributed by atoms with Gasteiger partial charge in [0.15, 0.2) is 0 Å². The summed E-state index contributed by atoms with van der Waals surface area (Å²) in [5.41, 5.74) is -1.26. The van der Waals surface area contributed by atoms with E-state index in [2.05, 4.69) is 25.8 Å². The minimum atomic E-state index is -1.26. The highest BCUT2D eigenvalue weighted by Crippen LogP contribution is 2.20. The maximum atomic E-state index is 11.7. The molecule has 0 aromatic carbocycles. The lowest BCUT2D eigenvalue weighted by Crippen LogP contribution is -2.59.